The molecule has 0 aromatic heterocycles. The second kappa shape index (κ2) is 44.6. The zero-order valence-corrected chi connectivity index (χ0v) is 36.4. The Morgan fingerprint density at radius 3 is 1.34 bits per heavy atom. The summed E-state index contributed by atoms with van der Waals surface area (Å²) in [7, 11) is 0. The molecule has 6 nitrogen and oxygen atoms in total. The zero-order chi connectivity index (χ0) is 40.8. The third kappa shape index (κ3) is 42.0. The number of unbranched alkanes of at least 4 members (excludes halogenated alkanes) is 19. The predicted octanol–water partition coefficient (Wildman–Crippen LogP) is 14.7. The van der Waals surface area contributed by atoms with Gasteiger partial charge in [0.25, 0.3) is 0 Å². The molecule has 1 atom stereocenters. The first-order valence-corrected chi connectivity index (χ1v) is 23.0. The Kier molecular flexibility index (Phi) is 42.1. The van der Waals surface area contributed by atoms with E-state index in [1.807, 2.05) is 6.08 Å². The molecule has 0 aliphatic rings. The lowest BCUT2D eigenvalue weighted by atomic mass is 10.1. The summed E-state index contributed by atoms with van der Waals surface area (Å²) in [5.74, 6) is -1.10. The molecule has 0 N–H and O–H groups in total. The Morgan fingerprint density at radius 2 is 0.821 bits per heavy atom. The molecule has 0 saturated carbocycles. The Labute approximate surface area is 344 Å². The van der Waals surface area contributed by atoms with Crippen LogP contribution in [-0.2, 0) is 28.6 Å². The van der Waals surface area contributed by atoms with Gasteiger partial charge in [0.15, 0.2) is 6.10 Å². The number of rotatable bonds is 40. The first kappa shape index (κ1) is 52.9. The van der Waals surface area contributed by atoms with Crippen molar-refractivity contribution < 1.29 is 28.6 Å². The van der Waals surface area contributed by atoms with Crippen molar-refractivity contribution >= 4 is 17.9 Å². The van der Waals surface area contributed by atoms with Gasteiger partial charge in [-0.05, 0) is 83.5 Å². The second-order valence-corrected chi connectivity index (χ2v) is 15.0. The Morgan fingerprint density at radius 1 is 0.411 bits per heavy atom. The van der Waals surface area contributed by atoms with Gasteiger partial charge in [-0.3, -0.25) is 14.4 Å². The van der Waals surface area contributed by atoms with Crippen LogP contribution in [0.25, 0.3) is 0 Å². The van der Waals surface area contributed by atoms with E-state index in [-0.39, 0.29) is 38.0 Å². The second-order valence-electron chi connectivity index (χ2n) is 15.0. The molecule has 0 heterocycles. The van der Waals surface area contributed by atoms with Crippen molar-refractivity contribution in [1.82, 2.24) is 0 Å². The minimum absolute atomic E-state index is 0.123. The number of allylic oxidation sites excluding steroid dienone is 11. The van der Waals surface area contributed by atoms with Gasteiger partial charge in [0.05, 0.1) is 6.42 Å². The summed E-state index contributed by atoms with van der Waals surface area (Å²) in [4.78, 5) is 37.6. The highest BCUT2D eigenvalue weighted by Gasteiger charge is 2.19. The quantitative estimate of drug-likeness (QED) is 0.0203. The maximum atomic E-state index is 12.7. The highest BCUT2D eigenvalue weighted by atomic mass is 16.6. The van der Waals surface area contributed by atoms with E-state index < -0.39 is 12.1 Å². The number of hydrogen-bond acceptors (Lipinski definition) is 6. The van der Waals surface area contributed by atoms with E-state index in [9.17, 15) is 14.4 Å². The topological polar surface area (TPSA) is 78.9 Å². The maximum Gasteiger partial charge on any atom is 0.309 e. The molecule has 0 aromatic rings. The van der Waals surface area contributed by atoms with Gasteiger partial charge in [0, 0.05) is 12.8 Å². The van der Waals surface area contributed by atoms with Gasteiger partial charge in [-0.2, -0.15) is 0 Å². The average Bonchev–Trinajstić information content (AvgIpc) is 3.19. The van der Waals surface area contributed by atoms with E-state index in [4.69, 9.17) is 14.2 Å². The van der Waals surface area contributed by atoms with E-state index in [1.165, 1.54) is 83.5 Å². The third-order valence-electron chi connectivity index (χ3n) is 9.48. The van der Waals surface area contributed by atoms with Crippen LogP contribution in [0.1, 0.15) is 207 Å². The van der Waals surface area contributed by atoms with Crippen molar-refractivity contribution in [3.05, 3.63) is 72.9 Å². The summed E-state index contributed by atoms with van der Waals surface area (Å²) in [6.07, 6.45) is 54.9. The highest BCUT2D eigenvalue weighted by molar-refractivity contribution is 5.72. The highest BCUT2D eigenvalue weighted by Crippen LogP contribution is 2.12. The maximum absolute atomic E-state index is 12.7. The van der Waals surface area contributed by atoms with Crippen molar-refractivity contribution in [2.45, 2.75) is 213 Å². The Bertz CT molecular complexity index is 1080. The molecular formula is C50H84O6. The molecular weight excluding hydrogens is 697 g/mol. The van der Waals surface area contributed by atoms with Gasteiger partial charge in [0.2, 0.25) is 0 Å². The molecule has 0 saturated heterocycles. The number of hydrogen-bond donors (Lipinski definition) is 0. The molecule has 0 radical (unpaired) electrons. The SMILES string of the molecule is CC/C=C\C/C=C\C/C=C\CC(=O)OCC(COC(=O)CCCCC/C=C\C=C/CCCCCCCCC)OC(=O)CCCCC/C=C\CCCCCCCC. The van der Waals surface area contributed by atoms with Crippen molar-refractivity contribution in [1.29, 1.82) is 0 Å². The van der Waals surface area contributed by atoms with Crippen LogP contribution in [-0.4, -0.2) is 37.2 Å². The summed E-state index contributed by atoms with van der Waals surface area (Å²) in [5.41, 5.74) is 0. The molecule has 0 rings (SSSR count). The lowest BCUT2D eigenvalue weighted by Crippen LogP contribution is -2.30. The predicted molar refractivity (Wildman–Crippen MR) is 238 cm³/mol. The van der Waals surface area contributed by atoms with Gasteiger partial charge >= 0.3 is 17.9 Å². The average molecular weight is 781 g/mol. The standard InChI is InChI=1S/C50H84O6/c1-4-7-10-13-16-19-21-23-24-25-27-28-31-34-37-40-43-49(52)55-46-47(45-54-48(51)42-39-36-33-30-18-15-12-9-6-3)56-50(53)44-41-38-35-32-29-26-22-20-17-14-11-8-5-2/h9,12,18,24-30,36,39,47H,4-8,10-11,13-17,19-23,31-35,37-38,40-46H2,1-3H3/b12-9-,25-24-,28-27-,29-26-,30-18-,39-36-. The fourth-order valence-electron chi connectivity index (χ4n) is 6.02. The molecule has 0 spiro atoms. The van der Waals surface area contributed by atoms with Gasteiger partial charge in [-0.25, -0.2) is 0 Å². The monoisotopic (exact) mass is 781 g/mol. The van der Waals surface area contributed by atoms with E-state index >= 15 is 0 Å². The van der Waals surface area contributed by atoms with Crippen LogP contribution in [0.4, 0.5) is 0 Å². The molecule has 0 aliphatic carbocycles. The molecule has 1 unspecified atom stereocenters. The minimum atomic E-state index is -0.826. The van der Waals surface area contributed by atoms with Gasteiger partial charge in [-0.15, -0.1) is 0 Å². The molecule has 6 heteroatoms. The minimum Gasteiger partial charge on any atom is -0.462 e. The van der Waals surface area contributed by atoms with Crippen LogP contribution in [0, 0.1) is 0 Å². The van der Waals surface area contributed by atoms with E-state index in [1.54, 1.807) is 6.08 Å². The van der Waals surface area contributed by atoms with Crippen molar-refractivity contribution in [2.24, 2.45) is 0 Å². The van der Waals surface area contributed by atoms with Crippen LogP contribution < -0.4 is 0 Å². The smallest absolute Gasteiger partial charge is 0.309 e. The van der Waals surface area contributed by atoms with E-state index in [0.717, 1.165) is 83.5 Å². The van der Waals surface area contributed by atoms with Crippen molar-refractivity contribution in [2.75, 3.05) is 13.2 Å². The molecule has 0 fully saturated rings. The van der Waals surface area contributed by atoms with Crippen LogP contribution in [0.15, 0.2) is 72.9 Å². The Balaban J connectivity index is 4.48. The van der Waals surface area contributed by atoms with Gasteiger partial charge < -0.3 is 14.2 Å². The fraction of sp³-hybridized carbons (Fsp3) is 0.700. The van der Waals surface area contributed by atoms with Crippen LogP contribution in [0.2, 0.25) is 0 Å². The molecule has 320 valence electrons. The fourth-order valence-corrected chi connectivity index (χ4v) is 6.02. The largest absolute Gasteiger partial charge is 0.462 e. The summed E-state index contributed by atoms with van der Waals surface area (Å²) < 4.78 is 16.5. The normalized spacial score (nSPS) is 12.7. The molecule has 0 bridgehead atoms. The Hall–Kier alpha value is -3.15. The van der Waals surface area contributed by atoms with Gasteiger partial charge in [0.1, 0.15) is 13.2 Å². The van der Waals surface area contributed by atoms with Crippen LogP contribution >= 0.6 is 0 Å². The van der Waals surface area contributed by atoms with Crippen LogP contribution in [0.5, 0.6) is 0 Å². The third-order valence-corrected chi connectivity index (χ3v) is 9.48. The zero-order valence-electron chi connectivity index (χ0n) is 36.4. The van der Waals surface area contributed by atoms with Crippen molar-refractivity contribution in [3.63, 3.8) is 0 Å². The summed E-state index contributed by atoms with van der Waals surface area (Å²) >= 11 is 0. The number of carbonyl (C=O) groups excluding carboxylic acids is 3. The number of carbonyl (C=O) groups is 3. The van der Waals surface area contributed by atoms with E-state index in [0.29, 0.717) is 6.42 Å². The first-order chi connectivity index (χ1) is 27.5. The number of ether oxygens (including phenoxy) is 3. The lowest BCUT2D eigenvalue weighted by Gasteiger charge is -2.18. The molecule has 56 heavy (non-hydrogen) atoms. The van der Waals surface area contributed by atoms with Gasteiger partial charge in [-0.1, -0.05) is 177 Å². The summed E-state index contributed by atoms with van der Waals surface area (Å²) in [6, 6.07) is 0. The lowest BCUT2D eigenvalue weighted by molar-refractivity contribution is -0.166. The van der Waals surface area contributed by atoms with Crippen LogP contribution in [0.3, 0.4) is 0 Å². The summed E-state index contributed by atoms with van der Waals surface area (Å²) in [6.45, 7) is 6.35. The number of esters is 3. The molecule has 0 aromatic carbocycles. The van der Waals surface area contributed by atoms with E-state index in [2.05, 4.69) is 81.5 Å². The van der Waals surface area contributed by atoms with Crippen molar-refractivity contribution in [3.8, 4) is 0 Å². The first-order valence-electron chi connectivity index (χ1n) is 23.0. The molecule has 0 amide bonds. The summed E-state index contributed by atoms with van der Waals surface area (Å²) in [5, 5.41) is 0. The molecule has 0 aliphatic heterocycles.